The van der Waals surface area contributed by atoms with Crippen molar-refractivity contribution in [3.63, 3.8) is 0 Å². The highest BCUT2D eigenvalue weighted by molar-refractivity contribution is 5.82. The lowest BCUT2D eigenvalue weighted by Crippen LogP contribution is -2.58. The SMILES string of the molecule is CCOC(=O)C(N)(CN(C)CC(F)(F)F)C1CC1. The average molecular weight is 268 g/mol. The largest absolute Gasteiger partial charge is 0.465 e. The van der Waals surface area contributed by atoms with Crippen LogP contribution in [0.15, 0.2) is 0 Å². The molecule has 0 bridgehead atoms. The molecule has 0 aliphatic heterocycles. The average Bonchev–Trinajstić information content (AvgIpc) is 2.97. The van der Waals surface area contributed by atoms with Crippen molar-refractivity contribution in [1.82, 2.24) is 4.90 Å². The predicted octanol–water partition coefficient (Wildman–Crippen LogP) is 1.15. The molecule has 1 saturated carbocycles. The van der Waals surface area contributed by atoms with Gasteiger partial charge < -0.3 is 10.5 Å². The van der Waals surface area contributed by atoms with Crippen molar-refractivity contribution in [2.24, 2.45) is 11.7 Å². The van der Waals surface area contributed by atoms with Crippen LogP contribution in [0.1, 0.15) is 19.8 Å². The summed E-state index contributed by atoms with van der Waals surface area (Å²) in [5.41, 5.74) is 4.65. The molecule has 2 N–H and O–H groups in total. The fraction of sp³-hybridized carbons (Fsp3) is 0.909. The summed E-state index contributed by atoms with van der Waals surface area (Å²) in [5, 5.41) is 0. The Kier molecular flexibility index (Phi) is 4.61. The van der Waals surface area contributed by atoms with E-state index in [4.69, 9.17) is 10.5 Å². The molecule has 0 amide bonds. The van der Waals surface area contributed by atoms with Crippen LogP contribution in [0.5, 0.6) is 0 Å². The number of hydrogen-bond donors (Lipinski definition) is 1. The van der Waals surface area contributed by atoms with E-state index in [1.807, 2.05) is 0 Å². The fourth-order valence-corrected chi connectivity index (χ4v) is 2.03. The van der Waals surface area contributed by atoms with Gasteiger partial charge in [0.15, 0.2) is 0 Å². The molecule has 0 radical (unpaired) electrons. The van der Waals surface area contributed by atoms with E-state index in [1.54, 1.807) is 6.92 Å². The molecule has 0 aromatic heterocycles. The van der Waals surface area contributed by atoms with Crippen molar-refractivity contribution in [1.29, 1.82) is 0 Å². The summed E-state index contributed by atoms with van der Waals surface area (Å²) in [6.45, 7) is 0.590. The van der Waals surface area contributed by atoms with Gasteiger partial charge in [0, 0.05) is 6.54 Å². The highest BCUT2D eigenvalue weighted by Gasteiger charge is 2.50. The van der Waals surface area contributed by atoms with Gasteiger partial charge in [-0.05, 0) is 32.7 Å². The van der Waals surface area contributed by atoms with Crippen LogP contribution in [0.3, 0.4) is 0 Å². The minimum absolute atomic E-state index is 0.0766. The number of hydrogen-bond acceptors (Lipinski definition) is 4. The number of ether oxygens (including phenoxy) is 1. The van der Waals surface area contributed by atoms with Crippen LogP contribution in [-0.2, 0) is 9.53 Å². The van der Waals surface area contributed by atoms with Gasteiger partial charge in [-0.2, -0.15) is 13.2 Å². The number of carbonyl (C=O) groups excluding carboxylic acids is 1. The first kappa shape index (κ1) is 15.2. The van der Waals surface area contributed by atoms with Gasteiger partial charge in [0.2, 0.25) is 0 Å². The predicted molar refractivity (Wildman–Crippen MR) is 59.8 cm³/mol. The molecular formula is C11H19F3N2O2. The van der Waals surface area contributed by atoms with Gasteiger partial charge in [0.25, 0.3) is 0 Å². The van der Waals surface area contributed by atoms with E-state index in [0.29, 0.717) is 0 Å². The first-order chi connectivity index (χ1) is 8.19. The highest BCUT2D eigenvalue weighted by Crippen LogP contribution is 2.39. The number of nitrogens with zero attached hydrogens (tertiary/aromatic N) is 1. The summed E-state index contributed by atoms with van der Waals surface area (Å²) < 4.78 is 41.6. The van der Waals surface area contributed by atoms with E-state index in [1.165, 1.54) is 7.05 Å². The van der Waals surface area contributed by atoms with Crippen molar-refractivity contribution in [3.8, 4) is 0 Å². The van der Waals surface area contributed by atoms with E-state index in [-0.39, 0.29) is 19.1 Å². The van der Waals surface area contributed by atoms with Gasteiger partial charge in [0.05, 0.1) is 13.2 Å². The van der Waals surface area contributed by atoms with Crippen molar-refractivity contribution in [2.45, 2.75) is 31.5 Å². The topological polar surface area (TPSA) is 55.6 Å². The molecule has 18 heavy (non-hydrogen) atoms. The first-order valence-corrected chi connectivity index (χ1v) is 5.90. The second-order valence-electron chi connectivity index (χ2n) is 4.82. The molecule has 0 spiro atoms. The zero-order chi connectivity index (χ0) is 14.0. The van der Waals surface area contributed by atoms with Crippen molar-refractivity contribution in [3.05, 3.63) is 0 Å². The zero-order valence-electron chi connectivity index (χ0n) is 10.6. The molecule has 1 fully saturated rings. The summed E-state index contributed by atoms with van der Waals surface area (Å²) in [7, 11) is 1.30. The van der Waals surface area contributed by atoms with Gasteiger partial charge in [0.1, 0.15) is 5.54 Å². The Balaban J connectivity index is 2.65. The Morgan fingerprint density at radius 2 is 1.94 bits per heavy atom. The molecule has 1 aliphatic rings. The standard InChI is InChI=1S/C11H19F3N2O2/c1-3-18-9(17)10(15,8-4-5-8)6-16(2)7-11(12,13)14/h8H,3-7,15H2,1-2H3. The minimum Gasteiger partial charge on any atom is -0.465 e. The van der Waals surface area contributed by atoms with Crippen molar-refractivity contribution in [2.75, 3.05) is 26.7 Å². The van der Waals surface area contributed by atoms with Crippen LogP contribution in [-0.4, -0.2) is 49.3 Å². The third kappa shape index (κ3) is 4.13. The quantitative estimate of drug-likeness (QED) is 0.734. The second-order valence-corrected chi connectivity index (χ2v) is 4.82. The maximum Gasteiger partial charge on any atom is 0.401 e. The van der Waals surface area contributed by atoms with Crippen LogP contribution in [0, 0.1) is 5.92 Å². The number of alkyl halides is 3. The van der Waals surface area contributed by atoms with Crippen LogP contribution in [0.2, 0.25) is 0 Å². The Labute approximate surface area is 104 Å². The molecule has 0 heterocycles. The molecule has 0 aromatic rings. The summed E-state index contributed by atoms with van der Waals surface area (Å²) in [5.74, 6) is -0.686. The van der Waals surface area contributed by atoms with E-state index in [2.05, 4.69) is 0 Å². The molecule has 0 saturated heterocycles. The van der Waals surface area contributed by atoms with Crippen molar-refractivity contribution < 1.29 is 22.7 Å². The van der Waals surface area contributed by atoms with Gasteiger partial charge in [-0.3, -0.25) is 4.90 Å². The second kappa shape index (κ2) is 5.44. The highest BCUT2D eigenvalue weighted by atomic mass is 19.4. The lowest BCUT2D eigenvalue weighted by molar-refractivity contribution is -0.157. The normalized spacial score (nSPS) is 19.7. The van der Waals surface area contributed by atoms with Crippen molar-refractivity contribution >= 4 is 5.97 Å². The summed E-state index contributed by atoms with van der Waals surface area (Å²) in [4.78, 5) is 12.8. The Morgan fingerprint density at radius 3 is 2.33 bits per heavy atom. The Morgan fingerprint density at radius 1 is 1.39 bits per heavy atom. The maximum atomic E-state index is 12.2. The van der Waals surface area contributed by atoms with E-state index in [0.717, 1.165) is 17.7 Å². The third-order valence-electron chi connectivity index (χ3n) is 2.94. The lowest BCUT2D eigenvalue weighted by atomic mass is 9.94. The van der Waals surface area contributed by atoms with Crippen LogP contribution in [0.25, 0.3) is 0 Å². The molecule has 1 rings (SSSR count). The maximum absolute atomic E-state index is 12.2. The molecule has 0 aromatic carbocycles. The molecule has 1 unspecified atom stereocenters. The summed E-state index contributed by atoms with van der Waals surface area (Å²) in [6, 6.07) is 0. The number of carbonyl (C=O) groups is 1. The molecule has 106 valence electrons. The first-order valence-electron chi connectivity index (χ1n) is 5.90. The molecule has 1 atom stereocenters. The summed E-state index contributed by atoms with van der Waals surface area (Å²) in [6.07, 6.45) is -2.78. The number of nitrogens with two attached hydrogens (primary N) is 1. The third-order valence-corrected chi connectivity index (χ3v) is 2.94. The molecular weight excluding hydrogens is 249 g/mol. The smallest absolute Gasteiger partial charge is 0.401 e. The van der Waals surface area contributed by atoms with Crippen LogP contribution in [0.4, 0.5) is 13.2 Å². The van der Waals surface area contributed by atoms with Crippen LogP contribution < -0.4 is 5.73 Å². The minimum atomic E-state index is -4.30. The fourth-order valence-electron chi connectivity index (χ4n) is 2.03. The van der Waals surface area contributed by atoms with E-state index in [9.17, 15) is 18.0 Å². The number of rotatable bonds is 6. The molecule has 1 aliphatic carbocycles. The zero-order valence-corrected chi connectivity index (χ0v) is 10.6. The van der Waals surface area contributed by atoms with E-state index < -0.39 is 24.2 Å². The monoisotopic (exact) mass is 268 g/mol. The van der Waals surface area contributed by atoms with E-state index >= 15 is 0 Å². The number of likely N-dealkylation sites (N-methyl/N-ethyl adjacent to an activating group) is 1. The Bertz CT molecular complexity index is 305. The van der Waals surface area contributed by atoms with Gasteiger partial charge in [-0.1, -0.05) is 0 Å². The Hall–Kier alpha value is -0.820. The summed E-state index contributed by atoms with van der Waals surface area (Å²) >= 11 is 0. The molecule has 7 heteroatoms. The lowest BCUT2D eigenvalue weighted by Gasteiger charge is -2.32. The van der Waals surface area contributed by atoms with Gasteiger partial charge >= 0.3 is 12.1 Å². The number of halogens is 3. The van der Waals surface area contributed by atoms with Gasteiger partial charge in [-0.15, -0.1) is 0 Å². The van der Waals surface area contributed by atoms with Crippen LogP contribution >= 0.6 is 0 Å². The van der Waals surface area contributed by atoms with Gasteiger partial charge in [-0.25, -0.2) is 4.79 Å². The molecule has 4 nitrogen and oxygen atoms in total. The number of esters is 1.